The van der Waals surface area contributed by atoms with E-state index in [2.05, 4.69) is 217 Å². The van der Waals surface area contributed by atoms with Gasteiger partial charge in [0.15, 0.2) is 0 Å². The summed E-state index contributed by atoms with van der Waals surface area (Å²) in [6, 6.07) is 66.4. The molecule has 0 N–H and O–H groups in total. The lowest BCUT2D eigenvalue weighted by Crippen LogP contribution is -2.11. The van der Waals surface area contributed by atoms with Crippen LogP contribution in [0.3, 0.4) is 0 Å². The first-order valence-corrected chi connectivity index (χ1v) is 16.0. The van der Waals surface area contributed by atoms with Gasteiger partial charge in [0.2, 0.25) is 0 Å². The minimum atomic E-state index is 1.13. The Morgan fingerprint density at radius 1 is 0.319 bits per heavy atom. The molecule has 0 atom stereocenters. The molecule has 0 bridgehead atoms. The highest BCUT2D eigenvalue weighted by molar-refractivity contribution is 5.81. The molecule has 7 aromatic rings. The zero-order chi connectivity index (χ0) is 31.8. The van der Waals surface area contributed by atoms with Crippen LogP contribution in [0.4, 0.5) is 34.1 Å². The fraction of sp³-hybridized carbons (Fsp3) is 0.0222. The Balaban J connectivity index is 1.07. The zero-order valence-electron chi connectivity index (χ0n) is 26.4. The maximum absolute atomic E-state index is 2.31. The predicted molar refractivity (Wildman–Crippen MR) is 201 cm³/mol. The molecule has 2 nitrogen and oxygen atoms in total. The summed E-state index contributed by atoms with van der Waals surface area (Å²) in [6.45, 7) is 2.16. The standard InChI is InChI=1S/C45H36N2/c1-35-13-11-12-20-45(35)47(42-18-9-4-10-19-42)44-31-25-37(26-32-44)22-21-36-23-27-38(28-24-36)39-29-33-43(34-30-39)46(40-14-5-2-6-15-40)41-16-7-3-8-17-41/h2-34H,1H3. The largest absolute Gasteiger partial charge is 0.311 e. The molecule has 47 heavy (non-hydrogen) atoms. The number of rotatable bonds is 9. The van der Waals surface area contributed by atoms with Crippen LogP contribution in [0.1, 0.15) is 16.7 Å². The van der Waals surface area contributed by atoms with E-state index < -0.39 is 0 Å². The molecule has 7 aromatic carbocycles. The second-order valence-corrected chi connectivity index (χ2v) is 11.6. The normalized spacial score (nSPS) is 11.0. The van der Waals surface area contributed by atoms with Crippen molar-refractivity contribution >= 4 is 46.3 Å². The van der Waals surface area contributed by atoms with Crippen LogP contribution in [0.25, 0.3) is 23.3 Å². The van der Waals surface area contributed by atoms with Gasteiger partial charge >= 0.3 is 0 Å². The maximum Gasteiger partial charge on any atom is 0.0490 e. The monoisotopic (exact) mass is 604 g/mol. The van der Waals surface area contributed by atoms with Crippen molar-refractivity contribution in [1.29, 1.82) is 0 Å². The third-order valence-corrected chi connectivity index (χ3v) is 8.39. The lowest BCUT2D eigenvalue weighted by molar-refractivity contribution is 1.25. The molecule has 0 amide bonds. The SMILES string of the molecule is Cc1ccccc1N(c1ccccc1)c1ccc(C=Cc2ccc(-c3ccc(N(c4ccccc4)c4ccccc4)cc3)cc2)cc1. The highest BCUT2D eigenvalue weighted by Crippen LogP contribution is 2.37. The van der Waals surface area contributed by atoms with Crippen molar-refractivity contribution in [3.8, 4) is 11.1 Å². The fourth-order valence-corrected chi connectivity index (χ4v) is 5.94. The Kier molecular flexibility index (Phi) is 8.74. The molecule has 7 rings (SSSR count). The first kappa shape index (κ1) is 29.6. The van der Waals surface area contributed by atoms with Gasteiger partial charge in [-0.05, 0) is 101 Å². The van der Waals surface area contributed by atoms with Gasteiger partial charge in [0.1, 0.15) is 0 Å². The summed E-state index contributed by atoms with van der Waals surface area (Å²) in [5.41, 5.74) is 12.8. The molecule has 0 saturated carbocycles. The minimum absolute atomic E-state index is 1.13. The molecule has 0 aromatic heterocycles. The highest BCUT2D eigenvalue weighted by Gasteiger charge is 2.14. The Hall–Kier alpha value is -6.12. The second kappa shape index (κ2) is 13.9. The molecule has 0 aliphatic carbocycles. The van der Waals surface area contributed by atoms with Crippen LogP contribution in [0, 0.1) is 6.92 Å². The van der Waals surface area contributed by atoms with E-state index in [1.807, 2.05) is 0 Å². The topological polar surface area (TPSA) is 6.48 Å². The van der Waals surface area contributed by atoms with Crippen LogP contribution >= 0.6 is 0 Å². The molecule has 0 saturated heterocycles. The van der Waals surface area contributed by atoms with Gasteiger partial charge in [-0.1, -0.05) is 133 Å². The molecular weight excluding hydrogens is 569 g/mol. The van der Waals surface area contributed by atoms with E-state index in [1.54, 1.807) is 0 Å². The molecule has 0 heterocycles. The van der Waals surface area contributed by atoms with Crippen molar-refractivity contribution in [2.45, 2.75) is 6.92 Å². The van der Waals surface area contributed by atoms with Crippen molar-refractivity contribution in [2.24, 2.45) is 0 Å². The van der Waals surface area contributed by atoms with Gasteiger partial charge in [-0.15, -0.1) is 0 Å². The molecule has 0 fully saturated rings. The van der Waals surface area contributed by atoms with E-state index in [1.165, 1.54) is 27.9 Å². The van der Waals surface area contributed by atoms with Crippen molar-refractivity contribution < 1.29 is 0 Å². The third kappa shape index (κ3) is 6.78. The summed E-state index contributed by atoms with van der Waals surface area (Å²) in [7, 11) is 0. The quantitative estimate of drug-likeness (QED) is 0.151. The van der Waals surface area contributed by atoms with Gasteiger partial charge in [0.25, 0.3) is 0 Å². The van der Waals surface area contributed by atoms with Gasteiger partial charge in [0.05, 0.1) is 0 Å². The van der Waals surface area contributed by atoms with Crippen LogP contribution in [0.15, 0.2) is 188 Å². The summed E-state index contributed by atoms with van der Waals surface area (Å²) >= 11 is 0. The molecule has 0 aliphatic rings. The number of aryl methyl sites for hydroxylation is 1. The number of hydrogen-bond donors (Lipinski definition) is 0. The van der Waals surface area contributed by atoms with Crippen molar-refractivity contribution in [2.75, 3.05) is 9.80 Å². The molecule has 226 valence electrons. The summed E-state index contributed by atoms with van der Waals surface area (Å²) in [4.78, 5) is 4.60. The van der Waals surface area contributed by atoms with E-state index in [-0.39, 0.29) is 0 Å². The van der Waals surface area contributed by atoms with Crippen LogP contribution in [0.2, 0.25) is 0 Å². The number of hydrogen-bond acceptors (Lipinski definition) is 2. The van der Waals surface area contributed by atoms with E-state index >= 15 is 0 Å². The molecule has 0 aliphatic heterocycles. The van der Waals surface area contributed by atoms with Crippen LogP contribution in [0.5, 0.6) is 0 Å². The Morgan fingerprint density at radius 3 is 1.15 bits per heavy atom. The molecular formula is C45H36N2. The van der Waals surface area contributed by atoms with Gasteiger partial charge in [-0.3, -0.25) is 0 Å². The smallest absolute Gasteiger partial charge is 0.0490 e. The van der Waals surface area contributed by atoms with Gasteiger partial charge in [0, 0.05) is 34.1 Å². The lowest BCUT2D eigenvalue weighted by Gasteiger charge is -2.27. The summed E-state index contributed by atoms with van der Waals surface area (Å²) in [5.74, 6) is 0. The molecule has 0 spiro atoms. The van der Waals surface area contributed by atoms with E-state index in [0.717, 1.165) is 34.0 Å². The first-order chi connectivity index (χ1) is 23.2. The van der Waals surface area contributed by atoms with Crippen molar-refractivity contribution in [3.05, 3.63) is 205 Å². The summed E-state index contributed by atoms with van der Waals surface area (Å²) in [5, 5.41) is 0. The predicted octanol–water partition coefficient (Wildman–Crippen LogP) is 12.8. The van der Waals surface area contributed by atoms with Crippen molar-refractivity contribution in [1.82, 2.24) is 0 Å². The second-order valence-electron chi connectivity index (χ2n) is 11.6. The fourth-order valence-electron chi connectivity index (χ4n) is 5.94. The third-order valence-electron chi connectivity index (χ3n) is 8.39. The van der Waals surface area contributed by atoms with E-state index in [4.69, 9.17) is 0 Å². The van der Waals surface area contributed by atoms with Gasteiger partial charge in [-0.25, -0.2) is 0 Å². The number of para-hydroxylation sites is 4. The lowest BCUT2D eigenvalue weighted by atomic mass is 10.0. The average molecular weight is 605 g/mol. The average Bonchev–Trinajstić information content (AvgIpc) is 3.14. The number of nitrogens with zero attached hydrogens (tertiary/aromatic N) is 2. The number of benzene rings is 7. The van der Waals surface area contributed by atoms with Crippen LogP contribution in [-0.4, -0.2) is 0 Å². The van der Waals surface area contributed by atoms with Gasteiger partial charge in [-0.2, -0.15) is 0 Å². The van der Waals surface area contributed by atoms with Gasteiger partial charge < -0.3 is 9.80 Å². The first-order valence-electron chi connectivity index (χ1n) is 16.0. The van der Waals surface area contributed by atoms with Crippen LogP contribution in [-0.2, 0) is 0 Å². The molecule has 2 heteroatoms. The van der Waals surface area contributed by atoms with Crippen molar-refractivity contribution in [3.63, 3.8) is 0 Å². The Bertz CT molecular complexity index is 2010. The summed E-state index contributed by atoms with van der Waals surface area (Å²) in [6.07, 6.45) is 4.35. The minimum Gasteiger partial charge on any atom is -0.311 e. The van der Waals surface area contributed by atoms with Crippen LogP contribution < -0.4 is 9.80 Å². The highest BCUT2D eigenvalue weighted by atomic mass is 15.1. The molecule has 0 radical (unpaired) electrons. The Morgan fingerprint density at radius 2 is 0.660 bits per heavy atom. The number of anilines is 6. The molecule has 0 unspecified atom stereocenters. The van der Waals surface area contributed by atoms with E-state index in [0.29, 0.717) is 0 Å². The maximum atomic E-state index is 2.31. The summed E-state index contributed by atoms with van der Waals surface area (Å²) < 4.78 is 0. The Labute approximate surface area is 278 Å². The van der Waals surface area contributed by atoms with E-state index in [9.17, 15) is 0 Å². The zero-order valence-corrected chi connectivity index (χ0v) is 26.4.